The van der Waals surface area contributed by atoms with Crippen molar-refractivity contribution in [1.29, 1.82) is 0 Å². The van der Waals surface area contributed by atoms with Crippen LogP contribution in [0.2, 0.25) is 0 Å². The van der Waals surface area contributed by atoms with Crippen LogP contribution in [0.25, 0.3) is 0 Å². The molecule has 2 aliphatic rings. The van der Waals surface area contributed by atoms with Crippen LogP contribution < -0.4 is 0 Å². The van der Waals surface area contributed by atoms with Crippen LogP contribution in [0.3, 0.4) is 0 Å². The van der Waals surface area contributed by atoms with Gasteiger partial charge in [-0.1, -0.05) is 32.9 Å². The summed E-state index contributed by atoms with van der Waals surface area (Å²) in [5, 5.41) is 0. The lowest BCUT2D eigenvalue weighted by Crippen LogP contribution is -2.50. The largest absolute Gasteiger partial charge is 0.466 e. The standard InChI is InChI=1S/C26H40O6/c1-17-9-8-10-24-25(17,6)13-11-18(2)26(24,7)15-23(32-21(5)29)22(16-31-20(4)28)12-14-30-19(3)27/h18,24H,1,8-16H2,2-7H3/b23-22-. The molecule has 2 rings (SSSR count). The zero-order valence-corrected chi connectivity index (χ0v) is 20.7. The van der Waals surface area contributed by atoms with Gasteiger partial charge in [0.15, 0.2) is 0 Å². The molecule has 0 saturated heterocycles. The van der Waals surface area contributed by atoms with Gasteiger partial charge in [0.2, 0.25) is 0 Å². The van der Waals surface area contributed by atoms with E-state index in [1.165, 1.54) is 26.3 Å². The Labute approximate surface area is 192 Å². The van der Waals surface area contributed by atoms with Crippen molar-refractivity contribution in [2.24, 2.45) is 22.7 Å². The average molecular weight is 449 g/mol. The minimum atomic E-state index is -0.412. The second-order valence-corrected chi connectivity index (χ2v) is 10.1. The molecule has 6 nitrogen and oxygen atoms in total. The van der Waals surface area contributed by atoms with Crippen LogP contribution in [0.15, 0.2) is 23.5 Å². The van der Waals surface area contributed by atoms with E-state index < -0.39 is 11.9 Å². The summed E-state index contributed by atoms with van der Waals surface area (Å²) in [5.41, 5.74) is 1.99. The Hall–Kier alpha value is -2.11. The Morgan fingerprint density at radius 3 is 2.28 bits per heavy atom. The van der Waals surface area contributed by atoms with Gasteiger partial charge in [0.1, 0.15) is 12.4 Å². The highest BCUT2D eigenvalue weighted by Gasteiger charge is 2.54. The predicted molar refractivity (Wildman–Crippen MR) is 122 cm³/mol. The van der Waals surface area contributed by atoms with Gasteiger partial charge in [-0.15, -0.1) is 0 Å². The van der Waals surface area contributed by atoms with Gasteiger partial charge in [-0.25, -0.2) is 0 Å². The first-order chi connectivity index (χ1) is 14.9. The second-order valence-electron chi connectivity index (χ2n) is 10.1. The maximum absolute atomic E-state index is 12.0. The van der Waals surface area contributed by atoms with E-state index >= 15 is 0 Å². The van der Waals surface area contributed by atoms with Crippen molar-refractivity contribution in [2.45, 2.75) is 86.5 Å². The number of rotatable bonds is 8. The number of ether oxygens (including phenoxy) is 3. The number of hydrogen-bond acceptors (Lipinski definition) is 6. The number of allylic oxidation sites excluding steroid dienone is 2. The summed E-state index contributed by atoms with van der Waals surface area (Å²) >= 11 is 0. The molecule has 0 aromatic rings. The van der Waals surface area contributed by atoms with Crippen molar-refractivity contribution in [3.8, 4) is 0 Å². The summed E-state index contributed by atoms with van der Waals surface area (Å²) in [7, 11) is 0. The van der Waals surface area contributed by atoms with Crippen molar-refractivity contribution in [1.82, 2.24) is 0 Å². The molecule has 0 amide bonds. The number of esters is 3. The van der Waals surface area contributed by atoms with Gasteiger partial charge in [0, 0.05) is 39.2 Å². The molecule has 2 saturated carbocycles. The first-order valence-corrected chi connectivity index (χ1v) is 11.7. The first kappa shape index (κ1) is 26.1. The smallest absolute Gasteiger partial charge is 0.307 e. The SMILES string of the molecule is C=C1CCCC2C1(C)CCC(C)C2(C)C/C(OC(C)=O)=C(\CCOC(C)=O)COC(C)=O. The lowest BCUT2D eigenvalue weighted by Gasteiger charge is -2.58. The summed E-state index contributed by atoms with van der Waals surface area (Å²) < 4.78 is 16.1. The van der Waals surface area contributed by atoms with Crippen LogP contribution in [0.1, 0.15) is 86.5 Å². The van der Waals surface area contributed by atoms with Crippen LogP contribution in [0.4, 0.5) is 0 Å². The highest BCUT2D eigenvalue weighted by Crippen LogP contribution is 2.63. The maximum Gasteiger partial charge on any atom is 0.307 e. The van der Waals surface area contributed by atoms with Crippen LogP contribution in [0.5, 0.6) is 0 Å². The molecule has 0 bridgehead atoms. The molecule has 4 atom stereocenters. The molecule has 0 radical (unpaired) electrons. The quantitative estimate of drug-likeness (QED) is 0.211. The molecule has 0 aliphatic heterocycles. The van der Waals surface area contributed by atoms with Gasteiger partial charge >= 0.3 is 17.9 Å². The summed E-state index contributed by atoms with van der Waals surface area (Å²) in [6.07, 6.45) is 6.45. The Balaban J connectivity index is 2.45. The summed E-state index contributed by atoms with van der Waals surface area (Å²) in [5.74, 6) is 0.201. The van der Waals surface area contributed by atoms with Gasteiger partial charge in [0.05, 0.1) is 6.61 Å². The third kappa shape index (κ3) is 6.02. The molecule has 6 heteroatoms. The zero-order chi connectivity index (χ0) is 24.1. The van der Waals surface area contributed by atoms with Crippen LogP contribution in [-0.2, 0) is 28.6 Å². The summed E-state index contributed by atoms with van der Waals surface area (Å²) in [6.45, 7) is 15.6. The Kier molecular flexibility index (Phi) is 8.72. The number of hydrogen-bond donors (Lipinski definition) is 0. The molecule has 32 heavy (non-hydrogen) atoms. The maximum atomic E-state index is 12.0. The molecular formula is C26H40O6. The van der Waals surface area contributed by atoms with Crippen molar-refractivity contribution < 1.29 is 28.6 Å². The minimum absolute atomic E-state index is 0.0122. The van der Waals surface area contributed by atoms with E-state index in [0.29, 0.717) is 36.0 Å². The molecule has 2 aliphatic carbocycles. The number of fused-ring (bicyclic) bond motifs is 1. The summed E-state index contributed by atoms with van der Waals surface area (Å²) in [6, 6.07) is 0. The molecule has 4 unspecified atom stereocenters. The van der Waals surface area contributed by atoms with E-state index in [9.17, 15) is 14.4 Å². The molecule has 180 valence electrons. The zero-order valence-electron chi connectivity index (χ0n) is 20.7. The topological polar surface area (TPSA) is 78.9 Å². The van der Waals surface area contributed by atoms with Gasteiger partial charge < -0.3 is 14.2 Å². The Bertz CT molecular complexity index is 781. The lowest BCUT2D eigenvalue weighted by molar-refractivity contribution is -0.143. The van der Waals surface area contributed by atoms with Gasteiger partial charge in [-0.05, 0) is 54.8 Å². The molecule has 0 aromatic carbocycles. The highest BCUT2D eigenvalue weighted by molar-refractivity contribution is 5.68. The molecule has 0 aromatic heterocycles. The van der Waals surface area contributed by atoms with Crippen LogP contribution >= 0.6 is 0 Å². The average Bonchev–Trinajstić information content (AvgIpc) is 2.68. The number of carbonyl (C=O) groups is 3. The van der Waals surface area contributed by atoms with E-state index in [-0.39, 0.29) is 30.0 Å². The molecule has 0 heterocycles. The molecule has 0 spiro atoms. The molecule has 0 N–H and O–H groups in total. The van der Waals surface area contributed by atoms with Crippen molar-refractivity contribution in [3.05, 3.63) is 23.5 Å². The Morgan fingerprint density at radius 2 is 1.69 bits per heavy atom. The molecule has 2 fully saturated rings. The van der Waals surface area contributed by atoms with Gasteiger partial charge in [-0.3, -0.25) is 14.4 Å². The van der Waals surface area contributed by atoms with Crippen LogP contribution in [0, 0.1) is 22.7 Å². The van der Waals surface area contributed by atoms with E-state index in [0.717, 1.165) is 32.1 Å². The van der Waals surface area contributed by atoms with E-state index in [1.54, 1.807) is 0 Å². The van der Waals surface area contributed by atoms with Crippen molar-refractivity contribution >= 4 is 17.9 Å². The fraction of sp³-hybridized carbons (Fsp3) is 0.731. The van der Waals surface area contributed by atoms with E-state index in [4.69, 9.17) is 14.2 Å². The predicted octanol–water partition coefficient (Wildman–Crippen LogP) is 5.51. The highest BCUT2D eigenvalue weighted by atomic mass is 16.5. The second kappa shape index (κ2) is 10.7. The van der Waals surface area contributed by atoms with Gasteiger partial charge in [-0.2, -0.15) is 0 Å². The fourth-order valence-electron chi connectivity index (χ4n) is 5.82. The van der Waals surface area contributed by atoms with Gasteiger partial charge in [0.25, 0.3) is 0 Å². The van der Waals surface area contributed by atoms with E-state index in [1.807, 2.05) is 0 Å². The van der Waals surface area contributed by atoms with Crippen molar-refractivity contribution in [2.75, 3.05) is 13.2 Å². The fourth-order valence-corrected chi connectivity index (χ4v) is 5.82. The third-order valence-electron chi connectivity index (χ3n) is 7.93. The van der Waals surface area contributed by atoms with Crippen LogP contribution in [-0.4, -0.2) is 31.1 Å². The van der Waals surface area contributed by atoms with E-state index in [2.05, 4.69) is 27.4 Å². The number of carbonyl (C=O) groups excluding carboxylic acids is 3. The normalized spacial score (nSPS) is 30.6. The van der Waals surface area contributed by atoms with Crippen molar-refractivity contribution in [3.63, 3.8) is 0 Å². The third-order valence-corrected chi connectivity index (χ3v) is 7.93. The Morgan fingerprint density at radius 1 is 1.03 bits per heavy atom. The lowest BCUT2D eigenvalue weighted by atomic mass is 9.46. The monoisotopic (exact) mass is 448 g/mol. The molecular weight excluding hydrogens is 408 g/mol. The minimum Gasteiger partial charge on any atom is -0.466 e. The first-order valence-electron chi connectivity index (χ1n) is 11.7. The summed E-state index contributed by atoms with van der Waals surface area (Å²) in [4.78, 5) is 34.8.